The molecule has 2 heterocycles. The van der Waals surface area contributed by atoms with Crippen LogP contribution in [0.3, 0.4) is 0 Å². The Bertz CT molecular complexity index is 623. The molecule has 0 unspecified atom stereocenters. The zero-order valence-corrected chi connectivity index (χ0v) is 16.7. The minimum atomic E-state index is -0.00758. The first-order valence-corrected chi connectivity index (χ1v) is 10.2. The highest BCUT2D eigenvalue weighted by atomic mass is 16.5. The number of likely N-dealkylation sites (tertiary alicyclic amines) is 1. The van der Waals surface area contributed by atoms with E-state index < -0.39 is 0 Å². The number of hydrogen-bond acceptors (Lipinski definition) is 6. The van der Waals surface area contributed by atoms with Gasteiger partial charge in [0.25, 0.3) is 0 Å². The number of hydrogen-bond donors (Lipinski definition) is 1. The van der Waals surface area contributed by atoms with E-state index in [1.54, 1.807) is 7.11 Å². The van der Waals surface area contributed by atoms with Gasteiger partial charge in [0.05, 0.1) is 25.3 Å². The topological polar surface area (TPSA) is 68.0 Å². The number of piperidine rings is 1. The Morgan fingerprint density at radius 1 is 1.26 bits per heavy atom. The van der Waals surface area contributed by atoms with E-state index in [0.29, 0.717) is 18.2 Å². The lowest BCUT2D eigenvalue weighted by Crippen LogP contribution is -2.53. The smallest absolute Gasteiger partial charge is 0.311 e. The second-order valence-electron chi connectivity index (χ2n) is 7.79. The lowest BCUT2D eigenvalue weighted by atomic mass is 9.92. The third kappa shape index (κ3) is 5.06. The Kier molecular flexibility index (Phi) is 6.83. The van der Waals surface area contributed by atoms with E-state index in [1.807, 2.05) is 12.1 Å². The third-order valence-electron chi connectivity index (χ3n) is 5.75. The number of anilines is 2. The molecule has 2 saturated heterocycles. The summed E-state index contributed by atoms with van der Waals surface area (Å²) in [6.07, 6.45) is 4.37. The highest BCUT2D eigenvalue weighted by Crippen LogP contribution is 2.31. The normalized spacial score (nSPS) is 19.0. The van der Waals surface area contributed by atoms with Crippen LogP contribution in [0.2, 0.25) is 0 Å². The fraction of sp³-hybridized carbons (Fsp3) is 0.667. The minimum absolute atomic E-state index is 0.00758. The van der Waals surface area contributed by atoms with Crippen molar-refractivity contribution in [1.29, 1.82) is 0 Å². The molecule has 2 aliphatic heterocycles. The van der Waals surface area contributed by atoms with Crippen LogP contribution in [0.25, 0.3) is 0 Å². The largest absolute Gasteiger partial charge is 0.495 e. The molecule has 1 aromatic carbocycles. The Morgan fingerprint density at radius 3 is 2.67 bits per heavy atom. The van der Waals surface area contributed by atoms with Crippen LogP contribution in [0.5, 0.6) is 5.75 Å². The summed E-state index contributed by atoms with van der Waals surface area (Å²) in [4.78, 5) is 16.7. The molecule has 150 valence electrons. The molecule has 0 spiro atoms. The molecule has 27 heavy (non-hydrogen) atoms. The molecule has 3 rings (SSSR count). The summed E-state index contributed by atoms with van der Waals surface area (Å²) in [5.41, 5.74) is 7.77. The van der Waals surface area contributed by atoms with Crippen LogP contribution in [0.15, 0.2) is 18.2 Å². The Morgan fingerprint density at radius 2 is 2.00 bits per heavy atom. The van der Waals surface area contributed by atoms with Gasteiger partial charge >= 0.3 is 5.97 Å². The van der Waals surface area contributed by atoms with Crippen molar-refractivity contribution >= 4 is 17.3 Å². The van der Waals surface area contributed by atoms with Crippen molar-refractivity contribution in [1.82, 2.24) is 4.90 Å². The summed E-state index contributed by atoms with van der Waals surface area (Å²) in [7, 11) is 1.65. The van der Waals surface area contributed by atoms with E-state index in [4.69, 9.17) is 15.2 Å². The molecule has 0 atom stereocenters. The summed E-state index contributed by atoms with van der Waals surface area (Å²) in [6.45, 7) is 7.59. The van der Waals surface area contributed by atoms with E-state index in [1.165, 1.54) is 18.5 Å². The van der Waals surface area contributed by atoms with Gasteiger partial charge in [0, 0.05) is 44.5 Å². The summed E-state index contributed by atoms with van der Waals surface area (Å²) >= 11 is 0. The Hall–Kier alpha value is -1.95. The lowest BCUT2D eigenvalue weighted by Gasteiger charge is -2.42. The van der Waals surface area contributed by atoms with Gasteiger partial charge < -0.3 is 25.0 Å². The van der Waals surface area contributed by atoms with Gasteiger partial charge in [-0.15, -0.1) is 0 Å². The molecule has 0 aliphatic carbocycles. The Labute approximate surface area is 162 Å². The number of unbranched alkanes of at least 4 members (excludes halogenated alkanes) is 1. The highest BCUT2D eigenvalue weighted by Gasteiger charge is 2.35. The van der Waals surface area contributed by atoms with Crippen molar-refractivity contribution < 1.29 is 14.3 Å². The van der Waals surface area contributed by atoms with Crippen molar-refractivity contribution in [2.45, 2.75) is 32.6 Å². The van der Waals surface area contributed by atoms with Gasteiger partial charge in [-0.2, -0.15) is 0 Å². The first-order valence-electron chi connectivity index (χ1n) is 10.2. The van der Waals surface area contributed by atoms with E-state index in [2.05, 4.69) is 22.8 Å². The van der Waals surface area contributed by atoms with Gasteiger partial charge in [0.15, 0.2) is 0 Å². The molecule has 0 aromatic heterocycles. The van der Waals surface area contributed by atoms with Gasteiger partial charge in [-0.3, -0.25) is 4.79 Å². The predicted molar refractivity (Wildman–Crippen MR) is 108 cm³/mol. The van der Waals surface area contributed by atoms with E-state index in [0.717, 1.165) is 51.3 Å². The number of rotatable bonds is 8. The number of nitrogens with zero attached hydrogens (tertiary/aromatic N) is 2. The quantitative estimate of drug-likeness (QED) is 0.428. The van der Waals surface area contributed by atoms with Crippen molar-refractivity contribution in [3.63, 3.8) is 0 Å². The predicted octanol–water partition coefficient (Wildman–Crippen LogP) is 2.77. The van der Waals surface area contributed by atoms with Crippen LogP contribution in [0, 0.1) is 11.8 Å². The molecule has 2 aliphatic rings. The molecule has 1 aromatic rings. The molecular weight excluding hydrogens is 342 g/mol. The number of esters is 1. The second-order valence-corrected chi connectivity index (χ2v) is 7.79. The second kappa shape index (κ2) is 9.31. The average Bonchev–Trinajstić information content (AvgIpc) is 2.65. The van der Waals surface area contributed by atoms with Crippen LogP contribution in [0.4, 0.5) is 11.4 Å². The number of ether oxygens (including phenoxy) is 2. The van der Waals surface area contributed by atoms with E-state index in [-0.39, 0.29) is 11.9 Å². The van der Waals surface area contributed by atoms with Crippen LogP contribution >= 0.6 is 0 Å². The average molecular weight is 376 g/mol. The van der Waals surface area contributed by atoms with Gasteiger partial charge in [0.2, 0.25) is 0 Å². The van der Waals surface area contributed by atoms with Gasteiger partial charge in [0.1, 0.15) is 5.75 Å². The Balaban J connectivity index is 1.38. The fourth-order valence-electron chi connectivity index (χ4n) is 3.94. The van der Waals surface area contributed by atoms with Crippen LogP contribution < -0.4 is 15.4 Å². The van der Waals surface area contributed by atoms with Crippen molar-refractivity contribution in [2.75, 3.05) is 57.1 Å². The molecule has 0 radical (unpaired) electrons. The van der Waals surface area contributed by atoms with Gasteiger partial charge in [-0.1, -0.05) is 13.3 Å². The molecular formula is C21H33N3O3. The summed E-state index contributed by atoms with van der Waals surface area (Å²) < 4.78 is 10.7. The van der Waals surface area contributed by atoms with Crippen molar-refractivity contribution in [2.24, 2.45) is 11.8 Å². The molecule has 6 heteroatoms. The number of benzene rings is 1. The monoisotopic (exact) mass is 375 g/mol. The molecule has 2 fully saturated rings. The molecule has 0 saturated carbocycles. The maximum atomic E-state index is 11.9. The van der Waals surface area contributed by atoms with Crippen LogP contribution in [0.1, 0.15) is 32.6 Å². The fourth-order valence-corrected chi connectivity index (χ4v) is 3.94. The maximum Gasteiger partial charge on any atom is 0.311 e. The summed E-state index contributed by atoms with van der Waals surface area (Å²) in [6, 6.07) is 6.02. The lowest BCUT2D eigenvalue weighted by molar-refractivity contribution is -0.154. The van der Waals surface area contributed by atoms with E-state index in [9.17, 15) is 4.79 Å². The number of methoxy groups -OCH3 is 1. The van der Waals surface area contributed by atoms with Gasteiger partial charge in [-0.25, -0.2) is 0 Å². The zero-order chi connectivity index (χ0) is 19.2. The third-order valence-corrected chi connectivity index (χ3v) is 5.75. The maximum absolute atomic E-state index is 11.9. The first-order chi connectivity index (χ1) is 13.1. The van der Waals surface area contributed by atoms with E-state index >= 15 is 0 Å². The highest BCUT2D eigenvalue weighted by molar-refractivity contribution is 5.74. The van der Waals surface area contributed by atoms with Gasteiger partial charge in [-0.05, 0) is 37.3 Å². The SMILES string of the molecule is CCCCOC(=O)C1CN(CC2CCN(c3ccc(N)c(OC)c3)CC2)C1. The standard InChI is InChI=1S/C21H33N3O3/c1-3-4-11-27-21(25)17-14-23(15-17)13-16-7-9-24(10-8-16)18-5-6-19(22)20(12-18)26-2/h5-6,12,16-17H,3-4,7-11,13-15,22H2,1-2H3. The van der Waals surface area contributed by atoms with Crippen LogP contribution in [-0.4, -0.2) is 57.3 Å². The van der Waals surface area contributed by atoms with Crippen molar-refractivity contribution in [3.05, 3.63) is 18.2 Å². The van der Waals surface area contributed by atoms with Crippen LogP contribution in [-0.2, 0) is 9.53 Å². The zero-order valence-electron chi connectivity index (χ0n) is 16.7. The molecule has 6 nitrogen and oxygen atoms in total. The molecule has 0 bridgehead atoms. The van der Waals surface area contributed by atoms with Crippen molar-refractivity contribution in [3.8, 4) is 5.75 Å². The number of carbonyl (C=O) groups excluding carboxylic acids is 1. The molecule has 0 amide bonds. The molecule has 2 N–H and O–H groups in total. The number of nitrogens with two attached hydrogens (primary N) is 1. The number of nitrogen functional groups attached to an aromatic ring is 1. The summed E-state index contributed by atoms with van der Waals surface area (Å²) in [5.74, 6) is 1.53. The number of carbonyl (C=O) groups is 1. The summed E-state index contributed by atoms with van der Waals surface area (Å²) in [5, 5.41) is 0. The first kappa shape index (κ1) is 19.8. The minimum Gasteiger partial charge on any atom is -0.495 e.